The van der Waals surface area contributed by atoms with E-state index in [1.807, 2.05) is 36.7 Å². The Morgan fingerprint density at radius 2 is 1.82 bits per heavy atom. The number of hydrogen-bond donors (Lipinski definition) is 2. The molecule has 5 nitrogen and oxygen atoms in total. The Labute approximate surface area is 129 Å². The molecule has 0 saturated heterocycles. The molecule has 0 radical (unpaired) electrons. The van der Waals surface area contributed by atoms with E-state index in [-0.39, 0.29) is 5.91 Å². The number of nitrogens with zero attached hydrogens (tertiary/aromatic N) is 1. The van der Waals surface area contributed by atoms with Crippen LogP contribution in [0.1, 0.15) is 28.7 Å². The number of carbonyl (C=O) groups is 2. The summed E-state index contributed by atoms with van der Waals surface area (Å²) in [6.45, 7) is 3.62. The third-order valence-corrected chi connectivity index (χ3v) is 3.78. The molecule has 2 aromatic rings. The largest absolute Gasteiger partial charge is 0.481 e. The molecule has 0 saturated carbocycles. The summed E-state index contributed by atoms with van der Waals surface area (Å²) in [4.78, 5) is 23.0. The van der Waals surface area contributed by atoms with Gasteiger partial charge in [0.15, 0.2) is 0 Å². The molecule has 0 aliphatic rings. The fourth-order valence-corrected chi connectivity index (χ4v) is 2.20. The number of aliphatic carboxylic acids is 1. The molecule has 22 heavy (non-hydrogen) atoms. The number of nitrogens with one attached hydrogen (secondary N) is 1. The third kappa shape index (κ3) is 3.55. The average molecular weight is 300 g/mol. The van der Waals surface area contributed by atoms with Gasteiger partial charge in [0.2, 0.25) is 0 Å². The Morgan fingerprint density at radius 3 is 2.32 bits per heavy atom. The van der Waals surface area contributed by atoms with Gasteiger partial charge in [0, 0.05) is 18.4 Å². The highest BCUT2D eigenvalue weighted by molar-refractivity contribution is 6.03. The van der Waals surface area contributed by atoms with E-state index < -0.39 is 11.9 Å². The zero-order valence-corrected chi connectivity index (χ0v) is 13.0. The molecule has 0 aliphatic carbocycles. The average Bonchev–Trinajstić information content (AvgIpc) is 2.81. The van der Waals surface area contributed by atoms with E-state index in [0.717, 1.165) is 11.3 Å². The van der Waals surface area contributed by atoms with Crippen molar-refractivity contribution in [3.8, 4) is 0 Å². The number of amides is 1. The molecule has 0 aliphatic heterocycles. The Bertz CT molecular complexity index is 686. The van der Waals surface area contributed by atoms with Crippen molar-refractivity contribution in [2.24, 2.45) is 13.0 Å². The Balaban J connectivity index is 2.03. The highest BCUT2D eigenvalue weighted by Gasteiger charge is 2.13. The second kappa shape index (κ2) is 6.47. The number of rotatable bonds is 5. The van der Waals surface area contributed by atoms with Crippen LogP contribution in [0.25, 0.3) is 0 Å². The third-order valence-electron chi connectivity index (χ3n) is 3.78. The van der Waals surface area contributed by atoms with Gasteiger partial charge in [-0.25, -0.2) is 0 Å². The van der Waals surface area contributed by atoms with E-state index in [0.29, 0.717) is 17.8 Å². The van der Waals surface area contributed by atoms with Crippen molar-refractivity contribution in [3.05, 3.63) is 53.3 Å². The lowest BCUT2D eigenvalue weighted by molar-refractivity contribution is -0.141. The van der Waals surface area contributed by atoms with Gasteiger partial charge < -0.3 is 15.0 Å². The second-order valence-corrected chi connectivity index (χ2v) is 5.51. The summed E-state index contributed by atoms with van der Waals surface area (Å²) in [5.74, 6) is -1.40. The van der Waals surface area contributed by atoms with Crippen LogP contribution in [0.15, 0.2) is 36.4 Å². The van der Waals surface area contributed by atoms with Crippen LogP contribution in [0.3, 0.4) is 0 Å². The Hall–Kier alpha value is -2.56. The fraction of sp³-hybridized carbons (Fsp3) is 0.294. The number of anilines is 1. The van der Waals surface area contributed by atoms with Gasteiger partial charge in [0.25, 0.3) is 5.91 Å². The summed E-state index contributed by atoms with van der Waals surface area (Å²) >= 11 is 0. The number of carboxylic acid groups (broad SMARTS) is 1. The van der Waals surface area contributed by atoms with Crippen LogP contribution in [0, 0.1) is 12.8 Å². The number of aromatic nitrogens is 1. The zero-order chi connectivity index (χ0) is 16.3. The molecule has 116 valence electrons. The molecule has 1 unspecified atom stereocenters. The zero-order valence-electron chi connectivity index (χ0n) is 13.0. The molecular formula is C17H20N2O3. The molecule has 2 N–H and O–H groups in total. The summed E-state index contributed by atoms with van der Waals surface area (Å²) in [5, 5.41) is 11.8. The summed E-state index contributed by atoms with van der Waals surface area (Å²) in [5.41, 5.74) is 3.24. The molecular weight excluding hydrogens is 280 g/mol. The van der Waals surface area contributed by atoms with Crippen molar-refractivity contribution < 1.29 is 14.7 Å². The molecule has 1 aromatic heterocycles. The van der Waals surface area contributed by atoms with Crippen LogP contribution in [0.2, 0.25) is 0 Å². The minimum Gasteiger partial charge on any atom is -0.481 e. The van der Waals surface area contributed by atoms with Crippen molar-refractivity contribution in [3.63, 3.8) is 0 Å². The van der Waals surface area contributed by atoms with Gasteiger partial charge in [-0.1, -0.05) is 19.1 Å². The van der Waals surface area contributed by atoms with Gasteiger partial charge in [-0.3, -0.25) is 9.59 Å². The molecule has 1 amide bonds. The van der Waals surface area contributed by atoms with Crippen molar-refractivity contribution in [2.45, 2.75) is 20.3 Å². The maximum atomic E-state index is 12.2. The van der Waals surface area contributed by atoms with Crippen LogP contribution in [-0.4, -0.2) is 21.6 Å². The van der Waals surface area contributed by atoms with E-state index >= 15 is 0 Å². The predicted molar refractivity (Wildman–Crippen MR) is 85.0 cm³/mol. The SMILES string of the molecule is Cc1ccc(C(=O)Nc2ccc(CC(C)C(=O)O)cc2)n1C. The first-order chi connectivity index (χ1) is 10.4. The number of carboxylic acids is 1. The summed E-state index contributed by atoms with van der Waals surface area (Å²) in [6.07, 6.45) is 0.473. The smallest absolute Gasteiger partial charge is 0.306 e. The lowest BCUT2D eigenvalue weighted by Gasteiger charge is -2.09. The van der Waals surface area contributed by atoms with Crippen LogP contribution in [-0.2, 0) is 18.3 Å². The van der Waals surface area contributed by atoms with Crippen molar-refractivity contribution in [2.75, 3.05) is 5.32 Å². The minimum atomic E-state index is -0.809. The van der Waals surface area contributed by atoms with Gasteiger partial charge in [-0.05, 0) is 43.2 Å². The number of benzene rings is 1. The molecule has 1 heterocycles. The monoisotopic (exact) mass is 300 g/mol. The second-order valence-electron chi connectivity index (χ2n) is 5.51. The van der Waals surface area contributed by atoms with E-state index in [9.17, 15) is 9.59 Å². The topological polar surface area (TPSA) is 71.3 Å². The minimum absolute atomic E-state index is 0.165. The molecule has 0 fully saturated rings. The standard InChI is InChI=1S/C17H20N2O3/c1-11(17(21)22)10-13-5-7-14(8-6-13)18-16(20)15-9-4-12(2)19(15)3/h4-9,11H,10H2,1-3H3,(H,18,20)(H,21,22). The van der Waals surface area contributed by atoms with E-state index in [1.165, 1.54) is 0 Å². The van der Waals surface area contributed by atoms with Crippen molar-refractivity contribution >= 4 is 17.6 Å². The maximum absolute atomic E-state index is 12.2. The molecule has 2 rings (SSSR count). The first-order valence-corrected chi connectivity index (χ1v) is 7.14. The molecule has 0 bridgehead atoms. The van der Waals surface area contributed by atoms with Crippen molar-refractivity contribution in [1.29, 1.82) is 0 Å². The lowest BCUT2D eigenvalue weighted by atomic mass is 10.0. The molecule has 1 aromatic carbocycles. The normalized spacial score (nSPS) is 12.0. The van der Waals surface area contributed by atoms with E-state index in [1.54, 1.807) is 25.1 Å². The highest BCUT2D eigenvalue weighted by atomic mass is 16.4. The summed E-state index contributed by atoms with van der Waals surface area (Å²) in [6, 6.07) is 10.9. The quantitative estimate of drug-likeness (QED) is 0.892. The van der Waals surface area contributed by atoms with Gasteiger partial charge >= 0.3 is 5.97 Å². The number of hydrogen-bond acceptors (Lipinski definition) is 2. The number of carbonyl (C=O) groups excluding carboxylic acids is 1. The Morgan fingerprint density at radius 1 is 1.18 bits per heavy atom. The Kier molecular flexibility index (Phi) is 4.65. The predicted octanol–water partition coefficient (Wildman–Crippen LogP) is 2.85. The van der Waals surface area contributed by atoms with Gasteiger partial charge in [-0.2, -0.15) is 0 Å². The lowest BCUT2D eigenvalue weighted by Crippen LogP contribution is -2.16. The van der Waals surface area contributed by atoms with Gasteiger partial charge in [0.05, 0.1) is 5.92 Å². The van der Waals surface area contributed by atoms with Gasteiger partial charge in [0.1, 0.15) is 5.69 Å². The van der Waals surface area contributed by atoms with E-state index in [4.69, 9.17) is 5.11 Å². The van der Waals surface area contributed by atoms with Crippen LogP contribution >= 0.6 is 0 Å². The van der Waals surface area contributed by atoms with Crippen molar-refractivity contribution in [1.82, 2.24) is 4.57 Å². The molecule has 1 atom stereocenters. The molecule has 5 heteroatoms. The first kappa shape index (κ1) is 15.8. The summed E-state index contributed by atoms with van der Waals surface area (Å²) in [7, 11) is 1.85. The van der Waals surface area contributed by atoms with Crippen LogP contribution < -0.4 is 5.32 Å². The van der Waals surface area contributed by atoms with E-state index in [2.05, 4.69) is 5.32 Å². The number of aryl methyl sites for hydroxylation is 1. The first-order valence-electron chi connectivity index (χ1n) is 7.14. The van der Waals surface area contributed by atoms with Crippen LogP contribution in [0.4, 0.5) is 5.69 Å². The maximum Gasteiger partial charge on any atom is 0.306 e. The summed E-state index contributed by atoms with van der Waals surface area (Å²) < 4.78 is 1.83. The fourth-order valence-electron chi connectivity index (χ4n) is 2.20. The molecule has 0 spiro atoms. The van der Waals surface area contributed by atoms with Crippen LogP contribution in [0.5, 0.6) is 0 Å². The highest BCUT2D eigenvalue weighted by Crippen LogP contribution is 2.15. The van der Waals surface area contributed by atoms with Gasteiger partial charge in [-0.15, -0.1) is 0 Å².